The number of halogens is 1. The second kappa shape index (κ2) is 8.42. The second-order valence-electron chi connectivity index (χ2n) is 6.31. The van der Waals surface area contributed by atoms with Gasteiger partial charge >= 0.3 is 0 Å². The Kier molecular flexibility index (Phi) is 6.01. The van der Waals surface area contributed by atoms with Crippen molar-refractivity contribution in [3.63, 3.8) is 0 Å². The number of carbonyl (C=O) groups excluding carboxylic acids is 1. The molecule has 25 heavy (non-hydrogen) atoms. The highest BCUT2D eigenvalue weighted by Crippen LogP contribution is 2.29. The Morgan fingerprint density at radius 3 is 2.88 bits per heavy atom. The van der Waals surface area contributed by atoms with E-state index in [1.807, 2.05) is 4.68 Å². The van der Waals surface area contributed by atoms with Gasteiger partial charge in [0.2, 0.25) is 5.91 Å². The third kappa shape index (κ3) is 4.56. The molecule has 134 valence electrons. The monoisotopic (exact) mass is 363 g/mol. The van der Waals surface area contributed by atoms with Crippen LogP contribution in [0.25, 0.3) is 0 Å². The average Bonchev–Trinajstić information content (AvgIpc) is 3.27. The van der Waals surface area contributed by atoms with Crippen LogP contribution in [0.2, 0.25) is 0 Å². The number of nitrogens with zero attached hydrogens (tertiary/aromatic N) is 5. The van der Waals surface area contributed by atoms with Crippen LogP contribution in [0.15, 0.2) is 24.3 Å². The lowest BCUT2D eigenvalue weighted by Gasteiger charge is -2.17. The molecule has 1 fully saturated rings. The van der Waals surface area contributed by atoms with E-state index < -0.39 is 0 Å². The Morgan fingerprint density at radius 2 is 2.12 bits per heavy atom. The number of benzene rings is 1. The van der Waals surface area contributed by atoms with Crippen molar-refractivity contribution in [2.75, 3.05) is 12.8 Å². The number of tetrazole rings is 1. The SMILES string of the molecule is CN(Cc1ccccc1F)C(=O)CSCc1nnnn1C1CCCC1. The maximum Gasteiger partial charge on any atom is 0.232 e. The van der Waals surface area contributed by atoms with E-state index in [-0.39, 0.29) is 18.3 Å². The zero-order valence-electron chi connectivity index (χ0n) is 14.3. The lowest BCUT2D eigenvalue weighted by Crippen LogP contribution is -2.28. The average molecular weight is 363 g/mol. The Bertz CT molecular complexity index is 717. The largest absolute Gasteiger partial charge is 0.341 e. The van der Waals surface area contributed by atoms with Crippen molar-refractivity contribution in [1.82, 2.24) is 25.1 Å². The molecule has 0 atom stereocenters. The highest BCUT2D eigenvalue weighted by molar-refractivity contribution is 7.99. The fourth-order valence-electron chi connectivity index (χ4n) is 3.05. The lowest BCUT2D eigenvalue weighted by atomic mass is 10.2. The molecule has 0 spiro atoms. The number of rotatable bonds is 7. The third-order valence-corrected chi connectivity index (χ3v) is 5.39. The van der Waals surface area contributed by atoms with Crippen LogP contribution in [0.5, 0.6) is 0 Å². The van der Waals surface area contributed by atoms with E-state index in [0.29, 0.717) is 23.1 Å². The predicted octanol–water partition coefficient (Wildman–Crippen LogP) is 2.82. The van der Waals surface area contributed by atoms with E-state index >= 15 is 0 Å². The van der Waals surface area contributed by atoms with E-state index in [9.17, 15) is 9.18 Å². The van der Waals surface area contributed by atoms with Gasteiger partial charge in [-0.3, -0.25) is 4.79 Å². The molecule has 0 radical (unpaired) electrons. The number of carbonyl (C=O) groups is 1. The quantitative estimate of drug-likeness (QED) is 0.757. The molecule has 6 nitrogen and oxygen atoms in total. The Balaban J connectivity index is 1.48. The molecule has 1 aliphatic carbocycles. The minimum Gasteiger partial charge on any atom is -0.341 e. The van der Waals surface area contributed by atoms with Gasteiger partial charge in [-0.15, -0.1) is 16.9 Å². The summed E-state index contributed by atoms with van der Waals surface area (Å²) in [6.45, 7) is 0.270. The third-order valence-electron chi connectivity index (χ3n) is 4.48. The maximum atomic E-state index is 13.7. The summed E-state index contributed by atoms with van der Waals surface area (Å²) in [6, 6.07) is 6.91. The molecule has 3 rings (SSSR count). The fraction of sp³-hybridized carbons (Fsp3) is 0.529. The van der Waals surface area contributed by atoms with Gasteiger partial charge in [-0.2, -0.15) is 0 Å². The van der Waals surface area contributed by atoms with Gasteiger partial charge < -0.3 is 4.90 Å². The number of hydrogen-bond donors (Lipinski definition) is 0. The standard InChI is InChI=1S/C17H22FN5OS/c1-22(10-13-6-2-5-9-15(13)18)17(24)12-25-11-16-19-20-21-23(16)14-7-3-4-8-14/h2,5-6,9,14H,3-4,7-8,10-12H2,1H3. The Morgan fingerprint density at radius 1 is 1.36 bits per heavy atom. The molecule has 0 bridgehead atoms. The summed E-state index contributed by atoms with van der Waals surface area (Å²) in [5.74, 6) is 1.42. The van der Waals surface area contributed by atoms with Crippen LogP contribution in [0.1, 0.15) is 43.1 Å². The summed E-state index contributed by atoms with van der Waals surface area (Å²) in [7, 11) is 1.69. The maximum absolute atomic E-state index is 13.7. The first kappa shape index (κ1) is 17.8. The van der Waals surface area contributed by atoms with Crippen LogP contribution >= 0.6 is 11.8 Å². The van der Waals surface area contributed by atoms with Gasteiger partial charge in [0, 0.05) is 19.2 Å². The molecule has 0 unspecified atom stereocenters. The van der Waals surface area contributed by atoms with Gasteiger partial charge in [0.1, 0.15) is 5.82 Å². The highest BCUT2D eigenvalue weighted by atomic mass is 32.2. The van der Waals surface area contributed by atoms with Crippen LogP contribution < -0.4 is 0 Å². The van der Waals surface area contributed by atoms with Crippen molar-refractivity contribution < 1.29 is 9.18 Å². The van der Waals surface area contributed by atoms with E-state index in [1.54, 1.807) is 30.1 Å². The molecule has 1 aromatic carbocycles. The molecule has 0 N–H and O–H groups in total. The van der Waals surface area contributed by atoms with E-state index in [1.165, 1.54) is 30.7 Å². The molecule has 0 aliphatic heterocycles. The molecule has 0 saturated heterocycles. The van der Waals surface area contributed by atoms with Gasteiger partial charge in [-0.05, 0) is 29.3 Å². The highest BCUT2D eigenvalue weighted by Gasteiger charge is 2.21. The molecule has 1 amide bonds. The molecular formula is C17H22FN5OS. The smallest absolute Gasteiger partial charge is 0.232 e. The Hall–Kier alpha value is -1.96. The number of amides is 1. The number of hydrogen-bond acceptors (Lipinski definition) is 5. The van der Waals surface area contributed by atoms with Crippen molar-refractivity contribution in [3.05, 3.63) is 41.5 Å². The Labute approximate surface area is 150 Å². The molecule has 1 aliphatic rings. The van der Waals surface area contributed by atoms with Crippen LogP contribution in [-0.4, -0.2) is 43.8 Å². The van der Waals surface area contributed by atoms with Gasteiger partial charge in [0.05, 0.1) is 17.5 Å². The summed E-state index contributed by atoms with van der Waals surface area (Å²) >= 11 is 1.49. The summed E-state index contributed by atoms with van der Waals surface area (Å²) in [5.41, 5.74) is 0.522. The zero-order chi connectivity index (χ0) is 17.6. The van der Waals surface area contributed by atoms with Crippen molar-refractivity contribution in [2.24, 2.45) is 0 Å². The summed E-state index contributed by atoms with van der Waals surface area (Å²) in [5, 5.41) is 12.0. The first-order chi connectivity index (χ1) is 12.1. The number of thioether (sulfide) groups is 1. The van der Waals surface area contributed by atoms with Crippen molar-refractivity contribution in [2.45, 2.75) is 44.0 Å². The summed E-state index contributed by atoms with van der Waals surface area (Å²) in [4.78, 5) is 13.8. The van der Waals surface area contributed by atoms with E-state index in [2.05, 4.69) is 15.5 Å². The fourth-order valence-corrected chi connectivity index (χ4v) is 3.92. The topological polar surface area (TPSA) is 63.9 Å². The van der Waals surface area contributed by atoms with Gasteiger partial charge in [0.25, 0.3) is 0 Å². The van der Waals surface area contributed by atoms with Crippen molar-refractivity contribution in [1.29, 1.82) is 0 Å². The van der Waals surface area contributed by atoms with Crippen LogP contribution in [-0.2, 0) is 17.1 Å². The molecule has 2 aromatic rings. The molecule has 1 saturated carbocycles. The normalized spacial score (nSPS) is 14.8. The number of aromatic nitrogens is 4. The second-order valence-corrected chi connectivity index (χ2v) is 7.30. The first-order valence-electron chi connectivity index (χ1n) is 8.47. The molecule has 8 heteroatoms. The van der Waals surface area contributed by atoms with Gasteiger partial charge in [-0.25, -0.2) is 9.07 Å². The van der Waals surface area contributed by atoms with Crippen LogP contribution in [0.3, 0.4) is 0 Å². The van der Waals surface area contributed by atoms with Crippen molar-refractivity contribution >= 4 is 17.7 Å². The lowest BCUT2D eigenvalue weighted by molar-refractivity contribution is -0.127. The van der Waals surface area contributed by atoms with E-state index in [0.717, 1.165) is 18.7 Å². The van der Waals surface area contributed by atoms with E-state index in [4.69, 9.17) is 0 Å². The van der Waals surface area contributed by atoms with Crippen LogP contribution in [0, 0.1) is 5.82 Å². The molecule has 1 heterocycles. The van der Waals surface area contributed by atoms with Gasteiger partial charge in [-0.1, -0.05) is 31.0 Å². The minimum atomic E-state index is -0.287. The summed E-state index contributed by atoms with van der Waals surface area (Å²) < 4.78 is 15.6. The zero-order valence-corrected chi connectivity index (χ0v) is 15.1. The van der Waals surface area contributed by atoms with Gasteiger partial charge in [0.15, 0.2) is 5.82 Å². The minimum absolute atomic E-state index is 0.0341. The summed E-state index contributed by atoms with van der Waals surface area (Å²) in [6.07, 6.45) is 4.67. The van der Waals surface area contributed by atoms with Crippen LogP contribution in [0.4, 0.5) is 4.39 Å². The first-order valence-corrected chi connectivity index (χ1v) is 9.62. The molecular weight excluding hydrogens is 341 g/mol. The predicted molar refractivity (Wildman–Crippen MR) is 94.4 cm³/mol. The van der Waals surface area contributed by atoms with Crippen molar-refractivity contribution in [3.8, 4) is 0 Å². The molecule has 1 aromatic heterocycles.